The molecule has 1 N–H and O–H groups in total. The van der Waals surface area contributed by atoms with E-state index >= 15 is 0 Å². The summed E-state index contributed by atoms with van der Waals surface area (Å²) in [5, 5.41) is 11.5. The predicted octanol–water partition coefficient (Wildman–Crippen LogP) is 5.34. The first-order valence-corrected chi connectivity index (χ1v) is 11.0. The molecule has 1 aromatic heterocycles. The summed E-state index contributed by atoms with van der Waals surface area (Å²) >= 11 is 0. The smallest absolute Gasteiger partial charge is 0.161 e. The molecule has 2 aliphatic rings. The van der Waals surface area contributed by atoms with Crippen molar-refractivity contribution >= 4 is 10.9 Å². The van der Waals surface area contributed by atoms with Gasteiger partial charge in [-0.1, -0.05) is 17.7 Å². The number of aryl methyl sites for hydroxylation is 3. The molecule has 1 aliphatic heterocycles. The van der Waals surface area contributed by atoms with E-state index in [-0.39, 0.29) is 5.75 Å². The average Bonchev–Trinajstić information content (AvgIpc) is 2.90. The Labute approximate surface area is 172 Å². The molecule has 3 aromatic rings. The molecule has 0 saturated heterocycles. The quantitative estimate of drug-likeness (QED) is 0.654. The minimum atomic E-state index is 0.224. The van der Waals surface area contributed by atoms with E-state index in [4.69, 9.17) is 4.74 Å². The summed E-state index contributed by atoms with van der Waals surface area (Å²) in [4.78, 5) is 2.65. The lowest BCUT2D eigenvalue weighted by atomic mass is 9.90. The number of ether oxygens (including phenoxy) is 1. The van der Waals surface area contributed by atoms with E-state index in [1.54, 1.807) is 17.3 Å². The number of phenols is 1. The maximum Gasteiger partial charge on any atom is 0.161 e. The fourth-order valence-electron chi connectivity index (χ4n) is 5.35. The number of phenolic OH excluding ortho intramolecular Hbond substituents is 1. The maximum absolute atomic E-state index is 10.1. The maximum atomic E-state index is 10.1. The van der Waals surface area contributed by atoms with Crippen LogP contribution in [0.1, 0.15) is 54.6 Å². The molecule has 0 radical (unpaired) electrons. The Morgan fingerprint density at radius 1 is 1.10 bits per heavy atom. The highest BCUT2D eigenvalue weighted by molar-refractivity contribution is 5.87. The Hall–Kier alpha value is -2.46. The molecule has 152 valence electrons. The van der Waals surface area contributed by atoms with Crippen LogP contribution in [0.25, 0.3) is 10.9 Å². The van der Waals surface area contributed by atoms with E-state index in [0.717, 1.165) is 26.1 Å². The van der Waals surface area contributed by atoms with Crippen molar-refractivity contribution in [3.05, 3.63) is 58.8 Å². The molecule has 29 heavy (non-hydrogen) atoms. The largest absolute Gasteiger partial charge is 0.504 e. The van der Waals surface area contributed by atoms with Crippen LogP contribution in [0.2, 0.25) is 0 Å². The fraction of sp³-hybridized carbons (Fsp3) is 0.440. The van der Waals surface area contributed by atoms with Gasteiger partial charge in [-0.3, -0.25) is 4.90 Å². The molecule has 1 atom stereocenters. The summed E-state index contributed by atoms with van der Waals surface area (Å²) in [6.45, 7) is 7.80. The van der Waals surface area contributed by atoms with Gasteiger partial charge in [0.1, 0.15) is 0 Å². The van der Waals surface area contributed by atoms with Crippen LogP contribution in [0.5, 0.6) is 11.5 Å². The summed E-state index contributed by atoms with van der Waals surface area (Å²) in [6.07, 6.45) is 4.83. The highest BCUT2D eigenvalue weighted by Crippen LogP contribution is 2.43. The number of hydrogen-bond acceptors (Lipinski definition) is 3. The highest BCUT2D eigenvalue weighted by atomic mass is 16.5. The minimum absolute atomic E-state index is 0.224. The molecule has 0 fully saturated rings. The van der Waals surface area contributed by atoms with E-state index < -0.39 is 0 Å². The number of rotatable bonds is 4. The molecule has 0 saturated carbocycles. The normalized spacial score (nSPS) is 19.2. The monoisotopic (exact) mass is 390 g/mol. The van der Waals surface area contributed by atoms with Crippen LogP contribution in [0.3, 0.4) is 0 Å². The minimum Gasteiger partial charge on any atom is -0.504 e. The van der Waals surface area contributed by atoms with Gasteiger partial charge in [0.2, 0.25) is 0 Å². The third-order valence-electron chi connectivity index (χ3n) is 6.57. The zero-order chi connectivity index (χ0) is 20.0. The Kier molecular flexibility index (Phi) is 4.75. The van der Waals surface area contributed by atoms with Crippen molar-refractivity contribution in [2.24, 2.45) is 0 Å². The van der Waals surface area contributed by atoms with Gasteiger partial charge in [0.15, 0.2) is 11.5 Å². The summed E-state index contributed by atoms with van der Waals surface area (Å²) in [6, 6.07) is 13.2. The molecule has 1 aliphatic carbocycles. The molecule has 2 heterocycles. The van der Waals surface area contributed by atoms with Gasteiger partial charge in [0.25, 0.3) is 0 Å². The van der Waals surface area contributed by atoms with Crippen molar-refractivity contribution in [2.75, 3.05) is 13.2 Å². The van der Waals surface area contributed by atoms with Crippen LogP contribution in [-0.4, -0.2) is 27.7 Å². The zero-order valence-corrected chi connectivity index (χ0v) is 17.4. The first-order chi connectivity index (χ1) is 14.2. The third-order valence-corrected chi connectivity index (χ3v) is 6.57. The van der Waals surface area contributed by atoms with Gasteiger partial charge in [0.05, 0.1) is 12.6 Å². The standard InChI is InChI=1S/C25H30N2O2/c1-3-29-24-15-18(9-11-23(24)28)16-26-12-5-13-27-21-10-8-17(2)14-20(21)19-6-4-7-22(26)25(19)27/h8-11,14-15,22,28H,3-7,12-13,16H2,1-2H3/t22-/m0/s1. The van der Waals surface area contributed by atoms with Crippen LogP contribution in [-0.2, 0) is 19.5 Å². The SMILES string of the molecule is CCOc1cc(CN2CCCn3c4c(c5cc(C)ccc53)CCC[C@@H]42)ccc1O. The first kappa shape index (κ1) is 18.6. The fourth-order valence-corrected chi connectivity index (χ4v) is 5.35. The van der Waals surface area contributed by atoms with Gasteiger partial charge >= 0.3 is 0 Å². The van der Waals surface area contributed by atoms with Gasteiger partial charge < -0.3 is 14.4 Å². The van der Waals surface area contributed by atoms with E-state index in [1.165, 1.54) is 41.3 Å². The van der Waals surface area contributed by atoms with Crippen LogP contribution >= 0.6 is 0 Å². The number of aromatic nitrogens is 1. The zero-order valence-electron chi connectivity index (χ0n) is 17.4. The Morgan fingerprint density at radius 3 is 2.86 bits per heavy atom. The molecular weight excluding hydrogens is 360 g/mol. The van der Waals surface area contributed by atoms with Gasteiger partial charge in [-0.25, -0.2) is 0 Å². The molecule has 2 aromatic carbocycles. The van der Waals surface area contributed by atoms with Crippen LogP contribution in [0.4, 0.5) is 0 Å². The van der Waals surface area contributed by atoms with Crippen molar-refractivity contribution in [2.45, 2.75) is 58.7 Å². The second-order valence-electron chi connectivity index (χ2n) is 8.50. The molecule has 5 rings (SSSR count). The van der Waals surface area contributed by atoms with Gasteiger partial charge in [-0.05, 0) is 74.9 Å². The second-order valence-corrected chi connectivity index (χ2v) is 8.50. The summed E-state index contributed by atoms with van der Waals surface area (Å²) < 4.78 is 8.22. The van der Waals surface area contributed by atoms with E-state index in [2.05, 4.69) is 34.6 Å². The molecule has 4 heteroatoms. The number of fused-ring (bicyclic) bond motifs is 3. The number of nitrogens with zero attached hydrogens (tertiary/aromatic N) is 2. The lowest BCUT2D eigenvalue weighted by Crippen LogP contribution is -2.31. The van der Waals surface area contributed by atoms with E-state index in [1.807, 2.05) is 19.1 Å². The topological polar surface area (TPSA) is 37.6 Å². The third kappa shape index (κ3) is 3.20. The summed E-state index contributed by atoms with van der Waals surface area (Å²) in [5.41, 5.74) is 7.10. The Morgan fingerprint density at radius 2 is 2.00 bits per heavy atom. The highest BCUT2D eigenvalue weighted by Gasteiger charge is 2.33. The molecule has 0 amide bonds. The van der Waals surface area contributed by atoms with Gasteiger partial charge in [0, 0.05) is 36.2 Å². The Bertz CT molecular complexity index is 1050. The van der Waals surface area contributed by atoms with Gasteiger partial charge in [-0.15, -0.1) is 0 Å². The van der Waals surface area contributed by atoms with Crippen LogP contribution in [0.15, 0.2) is 36.4 Å². The van der Waals surface area contributed by atoms with Crippen molar-refractivity contribution in [1.82, 2.24) is 9.47 Å². The first-order valence-electron chi connectivity index (χ1n) is 11.0. The van der Waals surface area contributed by atoms with Crippen molar-refractivity contribution in [3.8, 4) is 11.5 Å². The second kappa shape index (κ2) is 7.42. The van der Waals surface area contributed by atoms with Gasteiger partial charge in [-0.2, -0.15) is 0 Å². The van der Waals surface area contributed by atoms with Crippen LogP contribution < -0.4 is 4.74 Å². The lowest BCUT2D eigenvalue weighted by Gasteiger charge is -2.33. The van der Waals surface area contributed by atoms with E-state index in [9.17, 15) is 5.11 Å². The Balaban J connectivity index is 1.53. The van der Waals surface area contributed by atoms with Crippen LogP contribution in [0, 0.1) is 6.92 Å². The summed E-state index contributed by atoms with van der Waals surface area (Å²) in [5.74, 6) is 0.815. The van der Waals surface area contributed by atoms with E-state index in [0.29, 0.717) is 18.4 Å². The molecular formula is C25H30N2O2. The predicted molar refractivity (Wildman–Crippen MR) is 117 cm³/mol. The average molecular weight is 391 g/mol. The summed E-state index contributed by atoms with van der Waals surface area (Å²) in [7, 11) is 0. The van der Waals surface area contributed by atoms with Crippen molar-refractivity contribution in [1.29, 1.82) is 0 Å². The number of benzene rings is 2. The molecule has 0 unspecified atom stereocenters. The van der Waals surface area contributed by atoms with Crippen molar-refractivity contribution < 1.29 is 9.84 Å². The molecule has 0 spiro atoms. The number of hydrogen-bond donors (Lipinski definition) is 1. The number of aromatic hydroxyl groups is 1. The molecule has 4 nitrogen and oxygen atoms in total. The molecule has 0 bridgehead atoms. The van der Waals surface area contributed by atoms with Crippen molar-refractivity contribution in [3.63, 3.8) is 0 Å². The lowest BCUT2D eigenvalue weighted by molar-refractivity contribution is 0.173.